The van der Waals surface area contributed by atoms with E-state index in [0.29, 0.717) is 5.57 Å². The molecule has 0 aliphatic rings. The molecule has 0 unspecified atom stereocenters. The number of carboxylic acid groups (broad SMARTS) is 1. The number of carbonyl (C=O) groups is 2. The van der Waals surface area contributed by atoms with Crippen LogP contribution in [0.15, 0.2) is 23.8 Å². The Hall–Kier alpha value is -1.38. The summed E-state index contributed by atoms with van der Waals surface area (Å²) in [5.41, 5.74) is 0.803. The van der Waals surface area contributed by atoms with E-state index in [9.17, 15) is 9.59 Å². The molecule has 0 atom stereocenters. The van der Waals surface area contributed by atoms with Gasteiger partial charge in [0.25, 0.3) is 0 Å². The van der Waals surface area contributed by atoms with Gasteiger partial charge >= 0.3 is 5.97 Å². The van der Waals surface area contributed by atoms with Gasteiger partial charge in [-0.25, -0.2) is 4.79 Å². The first-order valence-corrected chi connectivity index (χ1v) is 3.54. The summed E-state index contributed by atoms with van der Waals surface area (Å²) in [6, 6.07) is 0. The summed E-state index contributed by atoms with van der Waals surface area (Å²) >= 11 is 0. The van der Waals surface area contributed by atoms with Crippen LogP contribution >= 0.6 is 0 Å². The van der Waals surface area contributed by atoms with E-state index in [1.54, 1.807) is 13.8 Å². The SMILES string of the molecule is C=CC(=O)CC(C(=O)O)=C(C)C. The Labute approximate surface area is 71.4 Å². The average molecular weight is 168 g/mol. The molecule has 3 nitrogen and oxygen atoms in total. The second kappa shape index (κ2) is 4.49. The molecule has 0 bridgehead atoms. The highest BCUT2D eigenvalue weighted by Gasteiger charge is 2.11. The lowest BCUT2D eigenvalue weighted by Crippen LogP contribution is -2.07. The first kappa shape index (κ1) is 10.6. The molecule has 0 heterocycles. The van der Waals surface area contributed by atoms with Crippen molar-refractivity contribution in [3.05, 3.63) is 23.8 Å². The van der Waals surface area contributed by atoms with Crippen LogP contribution in [0.5, 0.6) is 0 Å². The molecule has 0 aromatic heterocycles. The summed E-state index contributed by atoms with van der Waals surface area (Å²) in [7, 11) is 0. The van der Waals surface area contributed by atoms with Gasteiger partial charge in [0.2, 0.25) is 0 Å². The van der Waals surface area contributed by atoms with E-state index in [4.69, 9.17) is 5.11 Å². The second-order valence-corrected chi connectivity index (χ2v) is 2.63. The molecule has 1 N–H and O–H groups in total. The zero-order chi connectivity index (χ0) is 9.72. The van der Waals surface area contributed by atoms with E-state index >= 15 is 0 Å². The molecule has 3 heteroatoms. The summed E-state index contributed by atoms with van der Waals surface area (Å²) in [4.78, 5) is 21.4. The van der Waals surface area contributed by atoms with Crippen LogP contribution in [0.2, 0.25) is 0 Å². The summed E-state index contributed by atoms with van der Waals surface area (Å²) in [6.07, 6.45) is 1.06. The number of allylic oxidation sites excluding steroid dienone is 2. The lowest BCUT2D eigenvalue weighted by molar-refractivity contribution is -0.133. The maximum absolute atomic E-state index is 10.8. The number of carbonyl (C=O) groups excluding carboxylic acids is 1. The normalized spacial score (nSPS) is 8.83. The van der Waals surface area contributed by atoms with Crippen molar-refractivity contribution in [2.75, 3.05) is 0 Å². The lowest BCUT2D eigenvalue weighted by atomic mass is 10.1. The van der Waals surface area contributed by atoms with Gasteiger partial charge < -0.3 is 5.11 Å². The third kappa shape index (κ3) is 3.14. The lowest BCUT2D eigenvalue weighted by Gasteiger charge is -2.00. The number of ketones is 1. The molecule has 66 valence electrons. The maximum atomic E-state index is 10.8. The Balaban J connectivity index is 4.58. The number of aliphatic carboxylic acids is 1. The number of carboxylic acids is 1. The van der Waals surface area contributed by atoms with Gasteiger partial charge in [-0.2, -0.15) is 0 Å². The number of hydrogen-bond donors (Lipinski definition) is 1. The zero-order valence-corrected chi connectivity index (χ0v) is 7.26. The zero-order valence-electron chi connectivity index (χ0n) is 7.26. The van der Waals surface area contributed by atoms with Crippen molar-refractivity contribution in [1.82, 2.24) is 0 Å². The van der Waals surface area contributed by atoms with E-state index in [1.165, 1.54) is 0 Å². The van der Waals surface area contributed by atoms with Crippen LogP contribution in [-0.4, -0.2) is 16.9 Å². The molecule has 0 aromatic rings. The second-order valence-electron chi connectivity index (χ2n) is 2.63. The van der Waals surface area contributed by atoms with E-state index < -0.39 is 5.97 Å². The van der Waals surface area contributed by atoms with Crippen molar-refractivity contribution in [1.29, 1.82) is 0 Å². The Morgan fingerprint density at radius 1 is 1.42 bits per heavy atom. The van der Waals surface area contributed by atoms with Crippen LogP contribution < -0.4 is 0 Å². The average Bonchev–Trinajstić information content (AvgIpc) is 1.98. The highest BCUT2D eigenvalue weighted by Crippen LogP contribution is 2.09. The van der Waals surface area contributed by atoms with Gasteiger partial charge in [-0.05, 0) is 19.9 Å². The monoisotopic (exact) mass is 168 g/mol. The third-order valence-corrected chi connectivity index (χ3v) is 1.44. The fourth-order valence-electron chi connectivity index (χ4n) is 0.713. The molecule has 0 radical (unpaired) electrons. The van der Waals surface area contributed by atoms with Gasteiger partial charge in [-0.3, -0.25) is 4.79 Å². The van der Waals surface area contributed by atoms with Gasteiger partial charge in [0.05, 0.1) is 0 Å². The molecular weight excluding hydrogens is 156 g/mol. The summed E-state index contributed by atoms with van der Waals surface area (Å²) in [5.74, 6) is -1.31. The minimum atomic E-state index is -1.04. The minimum absolute atomic E-state index is 0.0683. The largest absolute Gasteiger partial charge is 0.478 e. The first-order chi connectivity index (χ1) is 5.49. The van der Waals surface area contributed by atoms with E-state index in [-0.39, 0.29) is 17.8 Å². The van der Waals surface area contributed by atoms with Gasteiger partial charge in [0.1, 0.15) is 0 Å². The van der Waals surface area contributed by atoms with Crippen molar-refractivity contribution in [2.45, 2.75) is 20.3 Å². The third-order valence-electron chi connectivity index (χ3n) is 1.44. The van der Waals surface area contributed by atoms with Crippen molar-refractivity contribution in [3.8, 4) is 0 Å². The molecule has 12 heavy (non-hydrogen) atoms. The summed E-state index contributed by atoms with van der Waals surface area (Å²) < 4.78 is 0. The standard InChI is InChI=1S/C9H12O3/c1-4-7(10)5-8(6(2)3)9(11)12/h4H,1,5H2,2-3H3,(H,11,12). The van der Waals surface area contributed by atoms with E-state index in [0.717, 1.165) is 6.08 Å². The topological polar surface area (TPSA) is 54.4 Å². The highest BCUT2D eigenvalue weighted by molar-refractivity contribution is 5.99. The number of rotatable bonds is 4. The van der Waals surface area contributed by atoms with Crippen LogP contribution in [0.1, 0.15) is 20.3 Å². The van der Waals surface area contributed by atoms with Crippen LogP contribution in [0.4, 0.5) is 0 Å². The molecule has 0 rings (SSSR count). The molecule has 0 saturated heterocycles. The molecule has 0 saturated carbocycles. The Morgan fingerprint density at radius 2 is 1.92 bits per heavy atom. The number of hydrogen-bond acceptors (Lipinski definition) is 2. The Kier molecular flexibility index (Phi) is 3.97. The van der Waals surface area contributed by atoms with Gasteiger partial charge in [0.15, 0.2) is 5.78 Å². The van der Waals surface area contributed by atoms with Crippen molar-refractivity contribution >= 4 is 11.8 Å². The predicted octanol–water partition coefficient (Wildman–Crippen LogP) is 1.55. The molecule has 0 amide bonds. The maximum Gasteiger partial charge on any atom is 0.331 e. The molecule has 0 spiro atoms. The van der Waals surface area contributed by atoms with Crippen molar-refractivity contribution in [2.24, 2.45) is 0 Å². The van der Waals surface area contributed by atoms with Gasteiger partial charge in [-0.15, -0.1) is 0 Å². The fourth-order valence-corrected chi connectivity index (χ4v) is 0.713. The molecule has 0 fully saturated rings. The van der Waals surface area contributed by atoms with E-state index in [1.807, 2.05) is 0 Å². The molecule has 0 aliphatic carbocycles. The first-order valence-electron chi connectivity index (χ1n) is 3.54. The van der Waals surface area contributed by atoms with Crippen LogP contribution in [0.25, 0.3) is 0 Å². The van der Waals surface area contributed by atoms with Crippen LogP contribution in [0.3, 0.4) is 0 Å². The Bertz CT molecular complexity index is 244. The smallest absolute Gasteiger partial charge is 0.331 e. The predicted molar refractivity (Wildman–Crippen MR) is 45.8 cm³/mol. The molecule has 0 aromatic carbocycles. The summed E-state index contributed by atoms with van der Waals surface area (Å²) in [5, 5.41) is 8.64. The van der Waals surface area contributed by atoms with Crippen LogP contribution in [0, 0.1) is 0 Å². The molecular formula is C9H12O3. The van der Waals surface area contributed by atoms with Gasteiger partial charge in [-0.1, -0.05) is 12.2 Å². The highest BCUT2D eigenvalue weighted by atomic mass is 16.4. The fraction of sp³-hybridized carbons (Fsp3) is 0.333. The van der Waals surface area contributed by atoms with E-state index in [2.05, 4.69) is 6.58 Å². The van der Waals surface area contributed by atoms with Gasteiger partial charge in [0, 0.05) is 12.0 Å². The van der Waals surface area contributed by atoms with Crippen molar-refractivity contribution < 1.29 is 14.7 Å². The van der Waals surface area contributed by atoms with Crippen LogP contribution in [-0.2, 0) is 9.59 Å². The summed E-state index contributed by atoms with van der Waals surface area (Å²) in [6.45, 7) is 6.60. The quantitative estimate of drug-likeness (QED) is 0.648. The molecule has 0 aliphatic heterocycles. The minimum Gasteiger partial charge on any atom is -0.478 e. The van der Waals surface area contributed by atoms with Crippen molar-refractivity contribution in [3.63, 3.8) is 0 Å². The Morgan fingerprint density at radius 3 is 2.17 bits per heavy atom.